The summed E-state index contributed by atoms with van der Waals surface area (Å²) >= 11 is 0. The summed E-state index contributed by atoms with van der Waals surface area (Å²) < 4.78 is 4.99. The van der Waals surface area contributed by atoms with Crippen molar-refractivity contribution in [3.8, 4) is 0 Å². The van der Waals surface area contributed by atoms with Crippen LogP contribution in [0.2, 0.25) is 0 Å². The molecule has 118 valence electrons. The average molecular weight is 303 g/mol. The Morgan fingerprint density at radius 3 is 2.27 bits per heavy atom. The Kier molecular flexibility index (Phi) is 5.69. The first kappa shape index (κ1) is 16.2. The predicted octanol–water partition coefficient (Wildman–Crippen LogP) is 2.80. The summed E-state index contributed by atoms with van der Waals surface area (Å²) in [7, 11) is 0. The fraction of sp³-hybridized carbons (Fsp3) is 0.471. The Morgan fingerprint density at radius 2 is 1.68 bits per heavy atom. The van der Waals surface area contributed by atoms with Crippen molar-refractivity contribution in [3.63, 3.8) is 0 Å². The molecule has 0 unspecified atom stereocenters. The second-order valence-electron chi connectivity index (χ2n) is 5.34. The Labute approximate surface area is 130 Å². The number of carbonyl (C=O) groups excluding carboxylic acids is 3. The molecule has 0 aliphatic carbocycles. The number of carbonyl (C=O) groups is 3. The summed E-state index contributed by atoms with van der Waals surface area (Å²) in [6.07, 6.45) is 3.42. The van der Waals surface area contributed by atoms with E-state index in [1.165, 1.54) is 4.90 Å². The van der Waals surface area contributed by atoms with Crippen LogP contribution in [0.3, 0.4) is 0 Å². The van der Waals surface area contributed by atoms with E-state index in [1.54, 1.807) is 24.3 Å². The molecule has 2 amide bonds. The second-order valence-corrected chi connectivity index (χ2v) is 5.34. The molecule has 1 aromatic rings. The number of rotatable bonds is 8. The SMILES string of the molecule is CCCOC(=O)CCCCCN1C(=O)c2ccccc2C1=O. The van der Waals surface area contributed by atoms with Crippen LogP contribution in [0.4, 0.5) is 0 Å². The third kappa shape index (κ3) is 3.72. The third-order valence-corrected chi connectivity index (χ3v) is 3.61. The standard InChI is InChI=1S/C17H21NO4/c1-2-12-22-15(19)10-4-3-7-11-18-16(20)13-8-5-6-9-14(13)17(18)21/h5-6,8-9H,2-4,7,10-12H2,1H3. The van der Waals surface area contributed by atoms with Gasteiger partial charge in [0.2, 0.25) is 0 Å². The van der Waals surface area contributed by atoms with Crippen LogP contribution in [0.15, 0.2) is 24.3 Å². The molecule has 0 saturated heterocycles. The van der Waals surface area contributed by atoms with E-state index in [0.29, 0.717) is 43.5 Å². The molecular weight excluding hydrogens is 282 g/mol. The van der Waals surface area contributed by atoms with Gasteiger partial charge in [0.15, 0.2) is 0 Å². The molecule has 5 nitrogen and oxygen atoms in total. The predicted molar refractivity (Wildman–Crippen MR) is 81.5 cm³/mol. The molecule has 0 saturated carbocycles. The van der Waals surface area contributed by atoms with Gasteiger partial charge in [-0.1, -0.05) is 25.5 Å². The monoisotopic (exact) mass is 303 g/mol. The van der Waals surface area contributed by atoms with Crippen molar-refractivity contribution in [1.82, 2.24) is 4.90 Å². The Hall–Kier alpha value is -2.17. The molecule has 1 aliphatic heterocycles. The van der Waals surface area contributed by atoms with Crippen molar-refractivity contribution in [2.45, 2.75) is 39.0 Å². The molecule has 0 aromatic heterocycles. The van der Waals surface area contributed by atoms with Crippen molar-refractivity contribution in [1.29, 1.82) is 0 Å². The third-order valence-electron chi connectivity index (χ3n) is 3.61. The highest BCUT2D eigenvalue weighted by Crippen LogP contribution is 2.22. The molecule has 1 aromatic carbocycles. The Morgan fingerprint density at radius 1 is 1.05 bits per heavy atom. The van der Waals surface area contributed by atoms with E-state index in [0.717, 1.165) is 12.8 Å². The molecule has 2 rings (SSSR count). The molecule has 22 heavy (non-hydrogen) atoms. The maximum atomic E-state index is 12.1. The fourth-order valence-corrected chi connectivity index (χ4v) is 2.45. The van der Waals surface area contributed by atoms with Gasteiger partial charge in [0.05, 0.1) is 17.7 Å². The van der Waals surface area contributed by atoms with E-state index in [4.69, 9.17) is 4.74 Å². The topological polar surface area (TPSA) is 63.7 Å². The number of ether oxygens (including phenoxy) is 1. The maximum Gasteiger partial charge on any atom is 0.305 e. The van der Waals surface area contributed by atoms with Crippen LogP contribution in [0.1, 0.15) is 59.7 Å². The summed E-state index contributed by atoms with van der Waals surface area (Å²) in [6, 6.07) is 6.88. The molecule has 1 aliphatic rings. The van der Waals surface area contributed by atoms with Gasteiger partial charge < -0.3 is 4.74 Å². The number of amides is 2. The van der Waals surface area contributed by atoms with E-state index >= 15 is 0 Å². The quantitative estimate of drug-likeness (QED) is 0.421. The van der Waals surface area contributed by atoms with E-state index < -0.39 is 0 Å². The largest absolute Gasteiger partial charge is 0.466 e. The van der Waals surface area contributed by atoms with Crippen LogP contribution in [0, 0.1) is 0 Å². The Balaban J connectivity index is 1.72. The summed E-state index contributed by atoms with van der Waals surface area (Å²) in [5.74, 6) is -0.617. The highest BCUT2D eigenvalue weighted by molar-refractivity contribution is 6.21. The lowest BCUT2D eigenvalue weighted by atomic mass is 10.1. The highest BCUT2D eigenvalue weighted by atomic mass is 16.5. The summed E-state index contributed by atoms with van der Waals surface area (Å²) in [5.41, 5.74) is 0.964. The van der Waals surface area contributed by atoms with Crippen LogP contribution in [0.25, 0.3) is 0 Å². The van der Waals surface area contributed by atoms with Gasteiger partial charge in [-0.25, -0.2) is 0 Å². The molecular formula is C17H21NO4. The minimum absolute atomic E-state index is 0.178. The van der Waals surface area contributed by atoms with Gasteiger partial charge in [0.1, 0.15) is 0 Å². The number of fused-ring (bicyclic) bond motifs is 1. The first-order valence-corrected chi connectivity index (χ1v) is 7.76. The van der Waals surface area contributed by atoms with E-state index in [9.17, 15) is 14.4 Å². The smallest absolute Gasteiger partial charge is 0.305 e. The zero-order valence-corrected chi connectivity index (χ0v) is 12.8. The molecule has 5 heteroatoms. The number of hydrogen-bond acceptors (Lipinski definition) is 4. The number of unbranched alkanes of at least 4 members (excludes halogenated alkanes) is 2. The van der Waals surface area contributed by atoms with Gasteiger partial charge in [-0.2, -0.15) is 0 Å². The molecule has 0 N–H and O–H groups in total. The van der Waals surface area contributed by atoms with Crippen LogP contribution in [0.5, 0.6) is 0 Å². The zero-order valence-electron chi connectivity index (χ0n) is 12.8. The lowest BCUT2D eigenvalue weighted by Crippen LogP contribution is -2.30. The van der Waals surface area contributed by atoms with Gasteiger partial charge >= 0.3 is 5.97 Å². The fourth-order valence-electron chi connectivity index (χ4n) is 2.45. The van der Waals surface area contributed by atoms with Crippen LogP contribution >= 0.6 is 0 Å². The lowest BCUT2D eigenvalue weighted by molar-refractivity contribution is -0.143. The van der Waals surface area contributed by atoms with Crippen LogP contribution in [-0.4, -0.2) is 35.8 Å². The minimum atomic E-state index is -0.219. The van der Waals surface area contributed by atoms with Crippen molar-refractivity contribution < 1.29 is 19.1 Å². The van der Waals surface area contributed by atoms with Gasteiger partial charge in [-0.3, -0.25) is 19.3 Å². The highest BCUT2D eigenvalue weighted by Gasteiger charge is 2.34. The number of hydrogen-bond donors (Lipinski definition) is 0. The average Bonchev–Trinajstić information content (AvgIpc) is 2.77. The number of benzene rings is 1. The summed E-state index contributed by atoms with van der Waals surface area (Å²) in [5, 5.41) is 0. The van der Waals surface area contributed by atoms with Crippen molar-refractivity contribution >= 4 is 17.8 Å². The van der Waals surface area contributed by atoms with Gasteiger partial charge in [0, 0.05) is 13.0 Å². The van der Waals surface area contributed by atoms with Crippen molar-refractivity contribution in [2.24, 2.45) is 0 Å². The van der Waals surface area contributed by atoms with Gasteiger partial charge in [0.25, 0.3) is 11.8 Å². The van der Waals surface area contributed by atoms with E-state index in [1.807, 2.05) is 6.92 Å². The first-order valence-electron chi connectivity index (χ1n) is 7.76. The zero-order chi connectivity index (χ0) is 15.9. The lowest BCUT2D eigenvalue weighted by Gasteiger charge is -2.13. The second kappa shape index (κ2) is 7.73. The van der Waals surface area contributed by atoms with E-state index in [2.05, 4.69) is 0 Å². The van der Waals surface area contributed by atoms with Crippen LogP contribution in [-0.2, 0) is 9.53 Å². The molecule has 1 heterocycles. The van der Waals surface area contributed by atoms with Crippen molar-refractivity contribution in [2.75, 3.05) is 13.2 Å². The molecule has 0 atom stereocenters. The number of imide groups is 1. The number of nitrogens with zero attached hydrogens (tertiary/aromatic N) is 1. The Bertz CT molecular complexity index is 533. The normalized spacial score (nSPS) is 13.4. The van der Waals surface area contributed by atoms with Gasteiger partial charge in [-0.05, 0) is 31.4 Å². The maximum absolute atomic E-state index is 12.1. The van der Waals surface area contributed by atoms with Gasteiger partial charge in [-0.15, -0.1) is 0 Å². The summed E-state index contributed by atoms with van der Waals surface area (Å²) in [4.78, 5) is 36.9. The number of esters is 1. The summed E-state index contributed by atoms with van der Waals surface area (Å²) in [6.45, 7) is 2.82. The minimum Gasteiger partial charge on any atom is -0.466 e. The molecule has 0 radical (unpaired) electrons. The van der Waals surface area contributed by atoms with E-state index in [-0.39, 0.29) is 17.8 Å². The van der Waals surface area contributed by atoms with Crippen LogP contribution < -0.4 is 0 Å². The molecule has 0 bridgehead atoms. The molecule has 0 fully saturated rings. The first-order chi connectivity index (χ1) is 10.6. The molecule has 0 spiro atoms. The van der Waals surface area contributed by atoms with Crippen molar-refractivity contribution in [3.05, 3.63) is 35.4 Å².